The number of nitrogens with zero attached hydrogens (tertiary/aromatic N) is 6. The number of anilines is 2. The Hall–Kier alpha value is -3.68. The van der Waals surface area contributed by atoms with E-state index in [4.69, 9.17) is 10.8 Å². The van der Waals surface area contributed by atoms with Crippen molar-refractivity contribution in [3.8, 4) is 11.3 Å². The molecule has 0 bridgehead atoms. The normalized spacial score (nSPS) is 18.2. The number of likely N-dealkylation sites (tertiary alicyclic amines) is 2. The van der Waals surface area contributed by atoms with Crippen molar-refractivity contribution in [3.63, 3.8) is 0 Å². The van der Waals surface area contributed by atoms with Gasteiger partial charge in [-0.3, -0.25) is 4.72 Å². The number of fused-ring (bicyclic) bond motifs is 1. The SMILES string of the molecule is CN1CCC(N2CCC(n3nc(-c4ccc(NS(=O)(=O)c5ccccc5F)c(F)c4)c4c(N)ncnc43)CC2)CC1. The largest absolute Gasteiger partial charge is 0.383 e. The van der Waals surface area contributed by atoms with E-state index >= 15 is 4.39 Å². The smallest absolute Gasteiger partial charge is 0.264 e. The van der Waals surface area contributed by atoms with Crippen molar-refractivity contribution in [3.05, 3.63) is 60.4 Å². The number of hydrogen-bond acceptors (Lipinski definition) is 8. The lowest BCUT2D eigenvalue weighted by molar-refractivity contribution is 0.0859. The Labute approximate surface area is 237 Å². The molecule has 216 valence electrons. The Kier molecular flexibility index (Phi) is 7.34. The zero-order chi connectivity index (χ0) is 28.7. The van der Waals surface area contributed by atoms with E-state index < -0.39 is 26.6 Å². The van der Waals surface area contributed by atoms with E-state index in [0.717, 1.165) is 51.2 Å². The number of sulfonamides is 1. The summed E-state index contributed by atoms with van der Waals surface area (Å²) in [6.07, 6.45) is 5.55. The van der Waals surface area contributed by atoms with Crippen LogP contribution in [0.3, 0.4) is 0 Å². The maximum atomic E-state index is 15.3. The Morgan fingerprint density at radius 3 is 2.34 bits per heavy atom. The molecule has 3 N–H and O–H groups in total. The van der Waals surface area contributed by atoms with Gasteiger partial charge in [-0.2, -0.15) is 5.10 Å². The lowest BCUT2D eigenvalue weighted by Crippen LogP contribution is -2.47. The monoisotopic (exact) mass is 582 g/mol. The molecule has 2 aromatic carbocycles. The molecule has 10 nitrogen and oxygen atoms in total. The van der Waals surface area contributed by atoms with Crippen LogP contribution in [0.25, 0.3) is 22.3 Å². The molecule has 0 amide bonds. The summed E-state index contributed by atoms with van der Waals surface area (Å²) in [7, 11) is -2.18. The third-order valence-electron chi connectivity index (χ3n) is 8.18. The molecule has 0 saturated carbocycles. The quantitative estimate of drug-likeness (QED) is 0.351. The molecule has 0 aliphatic carbocycles. The van der Waals surface area contributed by atoms with Crippen LogP contribution in [0, 0.1) is 11.6 Å². The second kappa shape index (κ2) is 11.0. The van der Waals surface area contributed by atoms with E-state index in [-0.39, 0.29) is 17.5 Å². The first-order chi connectivity index (χ1) is 19.7. The summed E-state index contributed by atoms with van der Waals surface area (Å²) in [5.74, 6) is -1.54. The molecule has 0 unspecified atom stereocenters. The summed E-state index contributed by atoms with van der Waals surface area (Å²) in [6.45, 7) is 4.16. The van der Waals surface area contributed by atoms with Crippen molar-refractivity contribution in [2.24, 2.45) is 0 Å². The molecule has 0 atom stereocenters. The molecule has 0 spiro atoms. The molecule has 2 saturated heterocycles. The van der Waals surface area contributed by atoms with E-state index in [9.17, 15) is 12.8 Å². The molecule has 4 heterocycles. The third-order valence-corrected chi connectivity index (χ3v) is 9.58. The molecule has 41 heavy (non-hydrogen) atoms. The number of hydrogen-bond donors (Lipinski definition) is 2. The first-order valence-electron chi connectivity index (χ1n) is 13.7. The number of benzene rings is 2. The van der Waals surface area contributed by atoms with Gasteiger partial charge in [0.15, 0.2) is 5.65 Å². The maximum absolute atomic E-state index is 15.3. The van der Waals surface area contributed by atoms with Gasteiger partial charge in [0.1, 0.15) is 34.4 Å². The van der Waals surface area contributed by atoms with E-state index in [2.05, 4.69) is 31.5 Å². The molecule has 2 aromatic heterocycles. The Morgan fingerprint density at radius 2 is 1.63 bits per heavy atom. The number of nitrogens with two attached hydrogens (primary N) is 1. The number of piperidine rings is 2. The van der Waals surface area contributed by atoms with Crippen molar-refractivity contribution in [1.29, 1.82) is 0 Å². The Morgan fingerprint density at radius 1 is 0.927 bits per heavy atom. The van der Waals surface area contributed by atoms with E-state index in [1.165, 1.54) is 43.4 Å². The molecule has 2 aliphatic rings. The highest BCUT2D eigenvalue weighted by Gasteiger charge is 2.30. The number of aromatic nitrogens is 4. The molecule has 2 aliphatic heterocycles. The zero-order valence-electron chi connectivity index (χ0n) is 22.7. The third kappa shape index (κ3) is 5.36. The van der Waals surface area contributed by atoms with Gasteiger partial charge in [0.2, 0.25) is 0 Å². The van der Waals surface area contributed by atoms with Crippen molar-refractivity contribution in [1.82, 2.24) is 29.5 Å². The fourth-order valence-corrected chi connectivity index (χ4v) is 7.06. The zero-order valence-corrected chi connectivity index (χ0v) is 23.5. The van der Waals surface area contributed by atoms with E-state index in [0.29, 0.717) is 28.3 Å². The molecular weight excluding hydrogens is 550 g/mol. The highest BCUT2D eigenvalue weighted by molar-refractivity contribution is 7.92. The van der Waals surface area contributed by atoms with Crippen molar-refractivity contribution < 1.29 is 17.2 Å². The van der Waals surface area contributed by atoms with Crippen LogP contribution in [0.5, 0.6) is 0 Å². The lowest BCUT2D eigenvalue weighted by atomic mass is 9.98. The minimum Gasteiger partial charge on any atom is -0.383 e. The first-order valence-corrected chi connectivity index (χ1v) is 15.2. The van der Waals surface area contributed by atoms with Crippen LogP contribution in [0.2, 0.25) is 0 Å². The highest BCUT2D eigenvalue weighted by atomic mass is 32.2. The van der Waals surface area contributed by atoms with Gasteiger partial charge in [-0.05, 0) is 70.1 Å². The molecule has 2 fully saturated rings. The Balaban J connectivity index is 1.27. The first kappa shape index (κ1) is 27.5. The topological polar surface area (TPSA) is 122 Å². The van der Waals surface area contributed by atoms with Gasteiger partial charge in [0.25, 0.3) is 10.0 Å². The summed E-state index contributed by atoms with van der Waals surface area (Å²) in [6, 6.07) is 9.63. The second-order valence-electron chi connectivity index (χ2n) is 10.8. The van der Waals surface area contributed by atoms with Crippen molar-refractivity contribution in [2.75, 3.05) is 43.7 Å². The average molecular weight is 583 g/mol. The van der Waals surface area contributed by atoms with Crippen LogP contribution in [0.1, 0.15) is 31.7 Å². The molecule has 6 rings (SSSR count). The van der Waals surface area contributed by atoms with Gasteiger partial charge in [0.05, 0.1) is 17.1 Å². The van der Waals surface area contributed by atoms with Gasteiger partial charge in [-0.15, -0.1) is 0 Å². The van der Waals surface area contributed by atoms with E-state index in [1.54, 1.807) is 6.07 Å². The van der Waals surface area contributed by atoms with Gasteiger partial charge in [-0.25, -0.2) is 31.8 Å². The van der Waals surface area contributed by atoms with Crippen LogP contribution in [0.4, 0.5) is 20.3 Å². The molecular formula is C28H32F2N8O2S. The lowest BCUT2D eigenvalue weighted by Gasteiger charge is -2.41. The maximum Gasteiger partial charge on any atom is 0.264 e. The minimum atomic E-state index is -4.34. The fourth-order valence-electron chi connectivity index (χ4n) is 5.92. The predicted octanol–water partition coefficient (Wildman–Crippen LogP) is 3.89. The average Bonchev–Trinajstić information content (AvgIpc) is 3.36. The van der Waals surface area contributed by atoms with Crippen molar-refractivity contribution in [2.45, 2.75) is 42.7 Å². The van der Waals surface area contributed by atoms with Crippen molar-refractivity contribution >= 4 is 32.6 Å². The van der Waals surface area contributed by atoms with Gasteiger partial charge < -0.3 is 15.5 Å². The number of halogens is 2. The second-order valence-corrected chi connectivity index (χ2v) is 12.4. The highest BCUT2D eigenvalue weighted by Crippen LogP contribution is 2.36. The molecule has 13 heteroatoms. The minimum absolute atomic E-state index is 0.0970. The summed E-state index contributed by atoms with van der Waals surface area (Å²) < 4.78 is 58.8. The van der Waals surface area contributed by atoms with Crippen LogP contribution in [-0.4, -0.2) is 77.2 Å². The standard InChI is InChI=1S/C28H32F2N8O2S/c1-36-12-8-19(9-13-36)37-14-10-20(11-15-37)38-28-25(27(31)32-17-33-28)26(34-38)18-6-7-23(22(30)16-18)35-41(39,40)24-5-3-2-4-21(24)29/h2-7,16-17,19-20,35H,8-15H2,1H3,(H2,31,32,33). The van der Waals surface area contributed by atoms with E-state index in [1.807, 2.05) is 4.68 Å². The summed E-state index contributed by atoms with van der Waals surface area (Å²) in [4.78, 5) is 13.0. The Bertz CT molecular complexity index is 1680. The number of rotatable bonds is 6. The van der Waals surface area contributed by atoms with Gasteiger partial charge in [0, 0.05) is 24.7 Å². The predicted molar refractivity (Wildman–Crippen MR) is 153 cm³/mol. The summed E-state index contributed by atoms with van der Waals surface area (Å²) in [5, 5.41) is 5.37. The number of nitrogens with one attached hydrogen (secondary N) is 1. The van der Waals surface area contributed by atoms with Crippen LogP contribution < -0.4 is 10.5 Å². The summed E-state index contributed by atoms with van der Waals surface area (Å²) in [5.41, 5.74) is 7.33. The summed E-state index contributed by atoms with van der Waals surface area (Å²) >= 11 is 0. The van der Waals surface area contributed by atoms with Crippen LogP contribution in [0.15, 0.2) is 53.7 Å². The fraction of sp³-hybridized carbons (Fsp3) is 0.393. The van der Waals surface area contributed by atoms with Crippen LogP contribution in [-0.2, 0) is 10.0 Å². The van der Waals surface area contributed by atoms with Crippen LogP contribution >= 0.6 is 0 Å². The van der Waals surface area contributed by atoms with Gasteiger partial charge in [-0.1, -0.05) is 18.2 Å². The molecule has 4 aromatic rings. The number of nitrogen functional groups attached to an aromatic ring is 1. The van der Waals surface area contributed by atoms with Gasteiger partial charge >= 0.3 is 0 Å². The molecule has 0 radical (unpaired) electrons.